The van der Waals surface area contributed by atoms with Gasteiger partial charge in [0, 0.05) is 6.07 Å². The number of carbonyl (C=O) groups excluding carboxylic acids is 1. The van der Waals surface area contributed by atoms with Crippen LogP contribution in [0, 0.1) is 10.1 Å². The first-order valence-corrected chi connectivity index (χ1v) is 4.10. The minimum atomic E-state index is -1.68. The van der Waals surface area contributed by atoms with Gasteiger partial charge in [0.25, 0.3) is 0 Å². The van der Waals surface area contributed by atoms with Gasteiger partial charge in [-0.1, -0.05) is 22.4 Å². The monoisotopic (exact) mass is 239 g/mol. The summed E-state index contributed by atoms with van der Waals surface area (Å²) in [5.41, 5.74) is -0.439. The van der Waals surface area contributed by atoms with Crippen molar-refractivity contribution in [1.29, 1.82) is 0 Å². The maximum absolute atomic E-state index is 10.9. The van der Waals surface area contributed by atoms with Crippen LogP contribution in [0.25, 0.3) is 0 Å². The van der Waals surface area contributed by atoms with E-state index < -0.39 is 22.8 Å². The molecule has 0 aromatic heterocycles. The van der Waals surface area contributed by atoms with E-state index in [1.807, 2.05) is 0 Å². The van der Waals surface area contributed by atoms with Gasteiger partial charge < -0.3 is 9.84 Å². The summed E-state index contributed by atoms with van der Waals surface area (Å²) >= 11 is 0. The zero-order valence-corrected chi connectivity index (χ0v) is 8.14. The molecule has 0 atom stereocenters. The molecule has 0 saturated heterocycles. The summed E-state index contributed by atoms with van der Waals surface area (Å²) in [6, 6.07) is 5.08. The van der Waals surface area contributed by atoms with Crippen LogP contribution in [0.1, 0.15) is 0 Å². The van der Waals surface area contributed by atoms with E-state index in [1.54, 1.807) is 0 Å². The summed E-state index contributed by atoms with van der Waals surface area (Å²) in [7, 11) is 0. The first kappa shape index (κ1) is 12.2. The third-order valence-corrected chi connectivity index (χ3v) is 1.48. The minimum Gasteiger partial charge on any atom is -0.462 e. The molecule has 1 aromatic carbocycles. The molecule has 0 aliphatic carbocycles. The second-order valence-corrected chi connectivity index (χ2v) is 2.58. The molecule has 17 heavy (non-hydrogen) atoms. The third kappa shape index (κ3) is 3.66. The van der Waals surface area contributed by atoms with Gasteiger partial charge in [-0.05, 0) is 6.07 Å². The zero-order chi connectivity index (χ0) is 12.8. The van der Waals surface area contributed by atoms with E-state index >= 15 is 0 Å². The highest BCUT2D eigenvalue weighted by atomic mass is 16.6. The van der Waals surface area contributed by atoms with Gasteiger partial charge >= 0.3 is 17.9 Å². The van der Waals surface area contributed by atoms with E-state index in [4.69, 9.17) is 5.11 Å². The average molecular weight is 239 g/mol. The third-order valence-electron chi connectivity index (χ3n) is 1.48. The smallest absolute Gasteiger partial charge is 0.458 e. The van der Waals surface area contributed by atoms with Gasteiger partial charge in [-0.3, -0.25) is 10.1 Å². The Morgan fingerprint density at radius 3 is 2.53 bits per heavy atom. The molecule has 0 saturated carbocycles. The van der Waals surface area contributed by atoms with Crippen LogP contribution in [-0.4, -0.2) is 22.2 Å². The Morgan fingerprint density at radius 1 is 1.29 bits per heavy atom. The number of ether oxygens (including phenoxy) is 1. The van der Waals surface area contributed by atoms with Crippen molar-refractivity contribution < 1.29 is 24.4 Å². The van der Waals surface area contributed by atoms with Gasteiger partial charge in [-0.15, -0.1) is 0 Å². The highest BCUT2D eigenvalue weighted by Gasteiger charge is 2.16. The van der Waals surface area contributed by atoms with Crippen LogP contribution in [0.3, 0.4) is 0 Å². The number of nitro groups is 1. The molecule has 88 valence electrons. The Bertz CT molecular complexity index is 498. The molecule has 0 aliphatic rings. The van der Waals surface area contributed by atoms with Gasteiger partial charge in [0.1, 0.15) is 0 Å². The lowest BCUT2D eigenvalue weighted by molar-refractivity contribution is -0.385. The Balaban J connectivity index is 2.85. The second-order valence-electron chi connectivity index (χ2n) is 2.58. The van der Waals surface area contributed by atoms with Crippen molar-refractivity contribution in [3.63, 3.8) is 0 Å². The van der Waals surface area contributed by atoms with E-state index in [-0.39, 0.29) is 5.75 Å². The summed E-state index contributed by atoms with van der Waals surface area (Å²) in [6.45, 7) is 0. The number of hydrogen-bond donors (Lipinski definition) is 1. The molecular weight excluding hydrogens is 234 g/mol. The Morgan fingerprint density at radius 2 is 1.94 bits per heavy atom. The fourth-order valence-electron chi connectivity index (χ4n) is 0.892. The summed E-state index contributed by atoms with van der Waals surface area (Å²) in [5, 5.41) is 23.8. The van der Waals surface area contributed by atoms with E-state index in [2.05, 4.69) is 15.0 Å². The van der Waals surface area contributed by atoms with Crippen LogP contribution >= 0.6 is 0 Å². The normalized spacial score (nSPS) is 10.1. The van der Waals surface area contributed by atoms with E-state index in [9.17, 15) is 19.7 Å². The number of nitrogens with zero attached hydrogens (tertiary/aromatic N) is 3. The quantitative estimate of drug-likeness (QED) is 0.478. The molecule has 9 heteroatoms. The van der Waals surface area contributed by atoms with Crippen molar-refractivity contribution in [2.45, 2.75) is 0 Å². The van der Waals surface area contributed by atoms with Crippen LogP contribution < -0.4 is 4.74 Å². The average Bonchev–Trinajstić information content (AvgIpc) is 2.27. The number of azo groups is 1. The van der Waals surface area contributed by atoms with Crippen LogP contribution in [0.4, 0.5) is 15.3 Å². The number of carbonyl (C=O) groups is 2. The van der Waals surface area contributed by atoms with Gasteiger partial charge in [-0.2, -0.15) is 0 Å². The molecule has 1 rings (SSSR count). The second kappa shape index (κ2) is 5.30. The number of hydrogen-bond acceptors (Lipinski definition) is 5. The molecule has 0 bridgehead atoms. The zero-order valence-electron chi connectivity index (χ0n) is 8.14. The van der Waals surface area contributed by atoms with Crippen molar-refractivity contribution in [3.8, 4) is 5.75 Å². The first-order valence-electron chi connectivity index (χ1n) is 4.10. The number of benzene rings is 1. The van der Waals surface area contributed by atoms with E-state index in [1.165, 1.54) is 18.2 Å². The van der Waals surface area contributed by atoms with E-state index in [0.717, 1.165) is 6.07 Å². The summed E-state index contributed by atoms with van der Waals surface area (Å²) in [5.74, 6) is -0.341. The number of rotatable bonds is 2. The largest absolute Gasteiger partial charge is 0.462 e. The van der Waals surface area contributed by atoms with Crippen LogP contribution in [0.2, 0.25) is 0 Å². The summed E-state index contributed by atoms with van der Waals surface area (Å²) in [6.07, 6.45) is -3.04. The topological polar surface area (TPSA) is 131 Å². The van der Waals surface area contributed by atoms with Crippen LogP contribution in [0.15, 0.2) is 34.5 Å². The molecule has 9 nitrogen and oxygen atoms in total. The predicted molar refractivity (Wildman–Crippen MR) is 52.0 cm³/mol. The lowest BCUT2D eigenvalue weighted by Gasteiger charge is -1.99. The maximum atomic E-state index is 10.9. The molecule has 0 heterocycles. The van der Waals surface area contributed by atoms with Gasteiger partial charge in [0.2, 0.25) is 5.75 Å². The Kier molecular flexibility index (Phi) is 3.81. The number of para-hydroxylation sites is 2. The molecule has 0 radical (unpaired) electrons. The Labute approximate surface area is 93.5 Å². The fraction of sp³-hybridized carbons (Fsp3) is 0. The number of nitro benzene ring substituents is 1. The molecule has 1 N–H and O–H groups in total. The predicted octanol–water partition coefficient (Wildman–Crippen LogP) is 2.22. The standard InChI is InChI=1S/C8H5N3O6/c12-7(13)9-10-8(14)17-6-4-2-1-3-5(6)11(15)16/h1-4H,(H,12,13). The molecule has 2 amide bonds. The number of amides is 2. The SMILES string of the molecule is O=C(O)N=NC(=O)Oc1ccccc1[N+](=O)[O-]. The van der Waals surface area contributed by atoms with E-state index in [0.29, 0.717) is 0 Å². The molecular formula is C8H5N3O6. The van der Waals surface area contributed by atoms with Gasteiger partial charge in [0.15, 0.2) is 0 Å². The van der Waals surface area contributed by atoms with Gasteiger partial charge in [0.05, 0.1) is 4.92 Å². The number of carboxylic acid groups (broad SMARTS) is 1. The molecule has 1 aromatic rings. The van der Waals surface area contributed by atoms with Crippen molar-refractivity contribution in [1.82, 2.24) is 0 Å². The first-order chi connectivity index (χ1) is 8.00. The molecule has 0 aliphatic heterocycles. The lowest BCUT2D eigenvalue weighted by Crippen LogP contribution is -2.04. The highest BCUT2D eigenvalue weighted by molar-refractivity contribution is 5.74. The fourth-order valence-corrected chi connectivity index (χ4v) is 0.892. The minimum absolute atomic E-state index is 0.341. The van der Waals surface area contributed by atoms with Crippen molar-refractivity contribution >= 4 is 17.9 Å². The molecule has 0 unspecified atom stereocenters. The van der Waals surface area contributed by atoms with Crippen LogP contribution in [0.5, 0.6) is 5.75 Å². The summed E-state index contributed by atoms with van der Waals surface area (Å²) < 4.78 is 4.45. The van der Waals surface area contributed by atoms with Crippen molar-refractivity contribution in [2.24, 2.45) is 10.2 Å². The molecule has 0 fully saturated rings. The Hall–Kier alpha value is -2.84. The highest BCUT2D eigenvalue weighted by Crippen LogP contribution is 2.26. The van der Waals surface area contributed by atoms with Crippen molar-refractivity contribution in [2.75, 3.05) is 0 Å². The van der Waals surface area contributed by atoms with Crippen LogP contribution in [-0.2, 0) is 0 Å². The molecule has 0 spiro atoms. The summed E-state index contributed by atoms with van der Waals surface area (Å²) in [4.78, 5) is 30.7. The van der Waals surface area contributed by atoms with Crippen molar-refractivity contribution in [3.05, 3.63) is 34.4 Å². The lowest BCUT2D eigenvalue weighted by atomic mass is 10.3. The van der Waals surface area contributed by atoms with Gasteiger partial charge in [-0.25, -0.2) is 9.59 Å². The maximum Gasteiger partial charge on any atom is 0.458 e.